The molecule has 0 unspecified atom stereocenters. The van der Waals surface area contributed by atoms with Crippen LogP contribution in [0.2, 0.25) is 5.02 Å². The van der Waals surface area contributed by atoms with Crippen LogP contribution >= 0.6 is 23.8 Å². The molecule has 1 heterocycles. The summed E-state index contributed by atoms with van der Waals surface area (Å²) in [7, 11) is 1.56. The molecule has 0 saturated carbocycles. The maximum absolute atomic E-state index is 12.8. The summed E-state index contributed by atoms with van der Waals surface area (Å²) in [6, 6.07) is 11.6. The van der Waals surface area contributed by atoms with Gasteiger partial charge in [-0.05, 0) is 60.3 Å². The Morgan fingerprint density at radius 3 is 2.61 bits per heavy atom. The molecule has 0 aromatic heterocycles. The lowest BCUT2D eigenvalue weighted by Gasteiger charge is -2.14. The number of carboxylic acids is 1. The molecule has 2 aromatic rings. The molecule has 1 saturated heterocycles. The summed E-state index contributed by atoms with van der Waals surface area (Å²) < 4.78 is 10.1. The Hall–Kier alpha value is -3.10. The third-order valence-electron chi connectivity index (χ3n) is 3.82. The van der Waals surface area contributed by atoms with E-state index in [9.17, 15) is 14.7 Å². The Morgan fingerprint density at radius 1 is 1.29 bits per heavy atom. The zero-order valence-electron chi connectivity index (χ0n) is 14.6. The van der Waals surface area contributed by atoms with E-state index in [4.69, 9.17) is 33.3 Å². The van der Waals surface area contributed by atoms with Gasteiger partial charge >= 0.3 is 0 Å². The van der Waals surface area contributed by atoms with Crippen molar-refractivity contribution in [1.29, 1.82) is 0 Å². The van der Waals surface area contributed by atoms with E-state index >= 15 is 0 Å². The second kappa shape index (κ2) is 8.28. The monoisotopic (exact) mass is 417 g/mol. The number of anilines is 1. The van der Waals surface area contributed by atoms with Gasteiger partial charge in [0, 0.05) is 0 Å². The first-order valence-corrected chi connectivity index (χ1v) is 8.81. The lowest BCUT2D eigenvalue weighted by molar-refractivity contribution is -0.307. The van der Waals surface area contributed by atoms with Gasteiger partial charge in [-0.2, -0.15) is 0 Å². The first-order chi connectivity index (χ1) is 13.4. The second-order valence-electron chi connectivity index (χ2n) is 5.68. The molecular weight excluding hydrogens is 404 g/mol. The first kappa shape index (κ1) is 19.7. The predicted octanol–water partition coefficient (Wildman–Crippen LogP) is 1.74. The third-order valence-corrected chi connectivity index (χ3v) is 4.40. The van der Waals surface area contributed by atoms with Crippen molar-refractivity contribution in [1.82, 2.24) is 5.32 Å². The van der Waals surface area contributed by atoms with Gasteiger partial charge in [0.1, 0.15) is 23.8 Å². The number of halogens is 1. The number of carbonyl (C=O) groups is 2. The van der Waals surface area contributed by atoms with Crippen LogP contribution in [0.1, 0.15) is 5.56 Å². The van der Waals surface area contributed by atoms with Crippen molar-refractivity contribution in [2.24, 2.45) is 0 Å². The Morgan fingerprint density at radius 2 is 2.00 bits per heavy atom. The topological polar surface area (TPSA) is 90.9 Å². The number of nitrogens with one attached hydrogen (secondary N) is 1. The van der Waals surface area contributed by atoms with Gasteiger partial charge in [-0.15, -0.1) is 0 Å². The van der Waals surface area contributed by atoms with Crippen LogP contribution in [0.4, 0.5) is 5.69 Å². The van der Waals surface area contributed by atoms with E-state index in [2.05, 4.69) is 5.32 Å². The average molecular weight is 418 g/mol. The molecule has 0 atom stereocenters. The fourth-order valence-electron chi connectivity index (χ4n) is 2.53. The van der Waals surface area contributed by atoms with Crippen molar-refractivity contribution < 1.29 is 24.2 Å². The second-order valence-corrected chi connectivity index (χ2v) is 6.47. The van der Waals surface area contributed by atoms with Gasteiger partial charge in [0.05, 0.1) is 23.8 Å². The van der Waals surface area contributed by atoms with E-state index in [0.29, 0.717) is 17.0 Å². The van der Waals surface area contributed by atoms with Crippen LogP contribution < -0.4 is 24.8 Å². The number of aliphatic carboxylic acids is 1. The number of nitrogens with zero attached hydrogens (tertiary/aromatic N) is 1. The van der Waals surface area contributed by atoms with Crippen molar-refractivity contribution in [3.05, 3.63) is 58.7 Å². The molecule has 0 aliphatic carbocycles. The lowest BCUT2D eigenvalue weighted by atomic mass is 10.1. The maximum Gasteiger partial charge on any atom is 0.281 e. The fourth-order valence-corrected chi connectivity index (χ4v) is 3.07. The number of hydrogen-bond donors (Lipinski definition) is 1. The minimum Gasteiger partial charge on any atom is -0.546 e. The quantitative estimate of drug-likeness (QED) is 0.565. The number of carbonyl (C=O) groups excluding carboxylic acids is 2. The van der Waals surface area contributed by atoms with E-state index < -0.39 is 12.6 Å². The van der Waals surface area contributed by atoms with E-state index in [0.717, 1.165) is 0 Å². The Bertz CT molecular complexity index is 975. The van der Waals surface area contributed by atoms with Gasteiger partial charge in [0.15, 0.2) is 5.11 Å². The molecule has 7 nitrogen and oxygen atoms in total. The highest BCUT2D eigenvalue weighted by molar-refractivity contribution is 7.80. The van der Waals surface area contributed by atoms with Gasteiger partial charge in [0.25, 0.3) is 5.91 Å². The number of thiocarbonyl (C=S) groups is 1. The molecule has 28 heavy (non-hydrogen) atoms. The molecule has 0 radical (unpaired) electrons. The van der Waals surface area contributed by atoms with Crippen LogP contribution in [0.25, 0.3) is 6.08 Å². The Balaban J connectivity index is 1.81. The molecule has 1 aliphatic heterocycles. The zero-order chi connectivity index (χ0) is 20.3. The van der Waals surface area contributed by atoms with E-state index in [1.54, 1.807) is 49.6 Å². The van der Waals surface area contributed by atoms with Gasteiger partial charge in [-0.25, -0.2) is 0 Å². The largest absolute Gasteiger partial charge is 0.546 e. The molecule has 2 aromatic carbocycles. The molecular formula is C19H14ClN2O5S-. The predicted molar refractivity (Wildman–Crippen MR) is 106 cm³/mol. The van der Waals surface area contributed by atoms with E-state index in [-0.39, 0.29) is 27.5 Å². The summed E-state index contributed by atoms with van der Waals surface area (Å²) in [4.78, 5) is 24.6. The minimum absolute atomic E-state index is 0.203. The van der Waals surface area contributed by atoms with Gasteiger partial charge in [0.2, 0.25) is 0 Å². The Kier molecular flexibility index (Phi) is 5.81. The van der Waals surface area contributed by atoms with Crippen LogP contribution in [0, 0.1) is 0 Å². The number of hydrogen-bond acceptors (Lipinski definition) is 6. The van der Waals surface area contributed by atoms with E-state index in [1.807, 2.05) is 0 Å². The third kappa shape index (κ3) is 4.24. The van der Waals surface area contributed by atoms with Crippen LogP contribution in [0.5, 0.6) is 11.5 Å². The standard InChI is InChI=1S/C19H15ClN2O5S/c1-26-13-5-3-12(4-6-13)22-18(25)15(21-19(22)28)9-11-2-7-16(14(20)8-11)27-10-17(23)24/h2-9H,10H2,1H3,(H,21,28)(H,23,24)/p-1/b15-9-. The summed E-state index contributed by atoms with van der Waals surface area (Å²) >= 11 is 11.4. The summed E-state index contributed by atoms with van der Waals surface area (Å²) in [5, 5.41) is 13.8. The molecule has 1 N–H and O–H groups in total. The highest BCUT2D eigenvalue weighted by atomic mass is 35.5. The van der Waals surface area contributed by atoms with Crippen LogP contribution in [0.15, 0.2) is 48.2 Å². The number of methoxy groups -OCH3 is 1. The normalized spacial score (nSPS) is 14.9. The SMILES string of the molecule is COc1ccc(N2C(=O)/C(=C/c3ccc(OCC(=O)[O-])c(Cl)c3)NC2=S)cc1. The highest BCUT2D eigenvalue weighted by Gasteiger charge is 2.31. The average Bonchev–Trinajstić information content (AvgIpc) is 2.94. The molecule has 0 bridgehead atoms. The lowest BCUT2D eigenvalue weighted by Crippen LogP contribution is -2.30. The Labute approximate surface area is 171 Å². The van der Waals surface area contributed by atoms with Crippen molar-refractivity contribution in [3.8, 4) is 11.5 Å². The van der Waals surface area contributed by atoms with Crippen molar-refractivity contribution in [2.45, 2.75) is 0 Å². The molecule has 3 rings (SSSR count). The molecule has 1 amide bonds. The summed E-state index contributed by atoms with van der Waals surface area (Å²) in [5.41, 5.74) is 1.50. The fraction of sp³-hybridized carbons (Fsp3) is 0.105. The smallest absolute Gasteiger partial charge is 0.281 e. The van der Waals surface area contributed by atoms with E-state index in [1.165, 1.54) is 11.0 Å². The van der Waals surface area contributed by atoms with Crippen LogP contribution in [-0.2, 0) is 9.59 Å². The molecule has 144 valence electrons. The van der Waals surface area contributed by atoms with Crippen molar-refractivity contribution in [3.63, 3.8) is 0 Å². The number of rotatable bonds is 6. The molecule has 1 fully saturated rings. The summed E-state index contributed by atoms with van der Waals surface area (Å²) in [6.07, 6.45) is 1.59. The van der Waals surface area contributed by atoms with Crippen molar-refractivity contribution >= 4 is 52.6 Å². The number of ether oxygens (including phenoxy) is 2. The number of carboxylic acid groups (broad SMARTS) is 1. The van der Waals surface area contributed by atoms with Gasteiger partial charge < -0.3 is 24.7 Å². The summed E-state index contributed by atoms with van der Waals surface area (Å²) in [6.45, 7) is -0.606. The van der Waals surface area contributed by atoms with Crippen LogP contribution in [-0.4, -0.2) is 30.7 Å². The maximum atomic E-state index is 12.8. The number of amides is 1. The molecule has 1 aliphatic rings. The first-order valence-electron chi connectivity index (χ1n) is 8.02. The zero-order valence-corrected chi connectivity index (χ0v) is 16.2. The van der Waals surface area contributed by atoms with Crippen LogP contribution in [0.3, 0.4) is 0 Å². The molecule has 0 spiro atoms. The molecule has 9 heteroatoms. The highest BCUT2D eigenvalue weighted by Crippen LogP contribution is 2.28. The van der Waals surface area contributed by atoms with Gasteiger partial charge in [-0.1, -0.05) is 17.7 Å². The van der Waals surface area contributed by atoms with Gasteiger partial charge in [-0.3, -0.25) is 9.69 Å². The number of benzene rings is 2. The van der Waals surface area contributed by atoms with Crippen molar-refractivity contribution in [2.75, 3.05) is 18.6 Å². The summed E-state index contributed by atoms with van der Waals surface area (Å²) in [5.74, 6) is -0.798. The minimum atomic E-state index is -1.35.